The Bertz CT molecular complexity index is 631. The molecule has 4 atom stereocenters. The van der Waals surface area contributed by atoms with Crippen molar-refractivity contribution in [3.8, 4) is 0 Å². The maximum absolute atomic E-state index is 11.8. The topological polar surface area (TPSA) is 166 Å². The van der Waals surface area contributed by atoms with Gasteiger partial charge in [-0.3, -0.25) is 9.09 Å². The average Bonchev–Trinajstić information content (AvgIpc) is 2.72. The Morgan fingerprint density at radius 2 is 2.23 bits per heavy atom. The van der Waals surface area contributed by atoms with E-state index < -0.39 is 44.7 Å². The van der Waals surface area contributed by atoms with Gasteiger partial charge in [0.2, 0.25) is 0 Å². The molecule has 0 saturated carbocycles. The van der Waals surface area contributed by atoms with Gasteiger partial charge in [-0.15, -0.1) is 0 Å². The summed E-state index contributed by atoms with van der Waals surface area (Å²) in [6.07, 6.45) is -3.02. The van der Waals surface area contributed by atoms with Gasteiger partial charge in [-0.2, -0.15) is 4.98 Å². The van der Waals surface area contributed by atoms with E-state index in [0.29, 0.717) is 0 Å². The zero-order chi connectivity index (χ0) is 16.5. The second-order valence-electron chi connectivity index (χ2n) is 4.58. The average molecular weight is 337 g/mol. The molecule has 0 bridgehead atoms. The third-order valence-corrected chi connectivity index (χ3v) is 3.60. The van der Waals surface area contributed by atoms with Crippen molar-refractivity contribution in [3.05, 3.63) is 22.7 Å². The van der Waals surface area contributed by atoms with Gasteiger partial charge in [-0.25, -0.2) is 9.36 Å². The number of ether oxygens (including phenoxy) is 2. The monoisotopic (exact) mass is 337 g/mol. The fraction of sp³-hybridized carbons (Fsp3) is 0.600. The van der Waals surface area contributed by atoms with Gasteiger partial charge in [0.25, 0.3) is 0 Å². The van der Waals surface area contributed by atoms with Gasteiger partial charge in [-0.05, 0) is 6.07 Å². The molecule has 0 radical (unpaired) electrons. The Morgan fingerprint density at radius 3 is 2.77 bits per heavy atom. The van der Waals surface area contributed by atoms with E-state index in [0.717, 1.165) is 4.57 Å². The number of phosphoric acid groups is 1. The highest BCUT2D eigenvalue weighted by Crippen LogP contribution is 2.38. The van der Waals surface area contributed by atoms with Crippen LogP contribution in [0.3, 0.4) is 0 Å². The van der Waals surface area contributed by atoms with Crippen LogP contribution in [0.5, 0.6) is 0 Å². The fourth-order valence-corrected chi connectivity index (χ4v) is 2.47. The van der Waals surface area contributed by atoms with Crippen molar-refractivity contribution < 1.29 is 33.5 Å². The van der Waals surface area contributed by atoms with Crippen LogP contribution in [0.2, 0.25) is 0 Å². The lowest BCUT2D eigenvalue weighted by Gasteiger charge is -2.20. The zero-order valence-corrected chi connectivity index (χ0v) is 12.4. The summed E-state index contributed by atoms with van der Waals surface area (Å²) in [7, 11) is -3.41. The normalized spacial score (nSPS) is 28.9. The number of rotatable bonds is 5. The lowest BCUT2D eigenvalue weighted by atomic mass is 10.1. The number of nitrogens with zero attached hydrogens (tertiary/aromatic N) is 2. The minimum atomic E-state index is -4.71. The molecule has 1 aromatic heterocycles. The molecule has 12 heteroatoms. The number of aliphatic hydroxyl groups is 1. The molecule has 0 spiro atoms. The van der Waals surface area contributed by atoms with Crippen molar-refractivity contribution in [1.82, 2.24) is 9.55 Å². The predicted octanol–water partition coefficient (Wildman–Crippen LogP) is -1.79. The zero-order valence-electron chi connectivity index (χ0n) is 11.5. The quantitative estimate of drug-likeness (QED) is 0.450. The molecule has 0 aromatic carbocycles. The van der Waals surface area contributed by atoms with Crippen molar-refractivity contribution in [2.45, 2.75) is 24.5 Å². The first-order chi connectivity index (χ1) is 10.2. The third-order valence-electron chi connectivity index (χ3n) is 3.12. The molecule has 22 heavy (non-hydrogen) atoms. The van der Waals surface area contributed by atoms with Gasteiger partial charge >= 0.3 is 13.5 Å². The summed E-state index contributed by atoms with van der Waals surface area (Å²) >= 11 is 0. The maximum Gasteiger partial charge on any atom is 0.469 e. The summed E-state index contributed by atoms with van der Waals surface area (Å²) in [5, 5.41) is 10.1. The molecular formula is C10H16N3O8P. The molecule has 124 valence electrons. The highest BCUT2D eigenvalue weighted by atomic mass is 31.2. The Hall–Kier alpha value is -1.33. The number of methoxy groups -OCH3 is 1. The third kappa shape index (κ3) is 3.70. The number of aromatic nitrogens is 2. The van der Waals surface area contributed by atoms with E-state index in [4.69, 9.17) is 25.0 Å². The van der Waals surface area contributed by atoms with E-state index in [9.17, 15) is 14.5 Å². The number of hydrogen-bond donors (Lipinski definition) is 4. The summed E-state index contributed by atoms with van der Waals surface area (Å²) < 4.78 is 26.6. The number of nitrogen functional groups attached to an aromatic ring is 1. The summed E-state index contributed by atoms with van der Waals surface area (Å²) in [4.78, 5) is 32.7. The summed E-state index contributed by atoms with van der Waals surface area (Å²) in [6.45, 7) is -0.570. The molecule has 1 fully saturated rings. The first-order valence-electron chi connectivity index (χ1n) is 6.14. The van der Waals surface area contributed by atoms with Crippen LogP contribution in [-0.2, 0) is 18.6 Å². The predicted molar refractivity (Wildman–Crippen MR) is 71.6 cm³/mol. The van der Waals surface area contributed by atoms with Crippen LogP contribution in [0.1, 0.15) is 6.23 Å². The van der Waals surface area contributed by atoms with Gasteiger partial charge in [0.15, 0.2) is 6.23 Å². The van der Waals surface area contributed by atoms with Crippen LogP contribution in [0.25, 0.3) is 0 Å². The van der Waals surface area contributed by atoms with Crippen LogP contribution >= 0.6 is 7.82 Å². The molecule has 2 rings (SSSR count). The van der Waals surface area contributed by atoms with Gasteiger partial charge in [0, 0.05) is 13.3 Å². The van der Waals surface area contributed by atoms with Crippen LogP contribution in [0, 0.1) is 0 Å². The molecule has 4 unspecified atom stereocenters. The lowest BCUT2D eigenvalue weighted by Crippen LogP contribution is -2.37. The summed E-state index contributed by atoms with van der Waals surface area (Å²) in [5.41, 5.74) is 4.68. The Balaban J connectivity index is 2.21. The SMILES string of the molecule is COC1C(O)C(COP(=O)(O)O)OC1n1ccc(N)nc1=O. The van der Waals surface area contributed by atoms with Gasteiger partial charge < -0.3 is 30.1 Å². The van der Waals surface area contributed by atoms with Gasteiger partial charge in [0.1, 0.15) is 24.1 Å². The van der Waals surface area contributed by atoms with E-state index in [1.807, 2.05) is 0 Å². The molecular weight excluding hydrogens is 321 g/mol. The smallest absolute Gasteiger partial charge is 0.387 e. The van der Waals surface area contributed by atoms with Crippen LogP contribution in [-0.4, -0.2) is 56.5 Å². The van der Waals surface area contributed by atoms with Crippen molar-refractivity contribution in [1.29, 1.82) is 0 Å². The van der Waals surface area contributed by atoms with E-state index >= 15 is 0 Å². The minimum absolute atomic E-state index is 0.0233. The molecule has 1 aliphatic rings. The first kappa shape index (κ1) is 17.0. The van der Waals surface area contributed by atoms with E-state index in [-0.39, 0.29) is 5.82 Å². The van der Waals surface area contributed by atoms with E-state index in [2.05, 4.69) is 9.51 Å². The largest absolute Gasteiger partial charge is 0.469 e. The highest BCUT2D eigenvalue weighted by Gasteiger charge is 2.46. The second kappa shape index (κ2) is 6.42. The van der Waals surface area contributed by atoms with Crippen molar-refractivity contribution in [3.63, 3.8) is 0 Å². The summed E-state index contributed by atoms with van der Waals surface area (Å²) in [6, 6.07) is 1.36. The number of aliphatic hydroxyl groups excluding tert-OH is 1. The Kier molecular flexibility index (Phi) is 4.97. The maximum atomic E-state index is 11.8. The standard InChI is InChI=1S/C10H16N3O8P/c1-19-8-7(14)5(4-20-22(16,17)18)21-9(8)13-3-2-6(11)12-10(13)15/h2-3,5,7-9,14H,4H2,1H3,(H2,11,12,15)(H2,16,17,18). The van der Waals surface area contributed by atoms with E-state index in [1.54, 1.807) is 0 Å². The molecule has 1 aromatic rings. The molecule has 11 nitrogen and oxygen atoms in total. The number of nitrogens with two attached hydrogens (primary N) is 1. The second-order valence-corrected chi connectivity index (χ2v) is 5.82. The van der Waals surface area contributed by atoms with Crippen LogP contribution in [0.15, 0.2) is 17.1 Å². The van der Waals surface area contributed by atoms with Gasteiger partial charge in [0.05, 0.1) is 6.61 Å². The summed E-state index contributed by atoms with van der Waals surface area (Å²) in [5.74, 6) is 0.0233. The molecule has 1 saturated heterocycles. The number of anilines is 1. The molecule has 2 heterocycles. The van der Waals surface area contributed by atoms with Crippen molar-refractivity contribution in [2.75, 3.05) is 19.5 Å². The molecule has 0 aliphatic carbocycles. The van der Waals surface area contributed by atoms with Crippen LogP contribution in [0.4, 0.5) is 5.82 Å². The molecule has 0 amide bonds. The Labute approximate surface area is 124 Å². The van der Waals surface area contributed by atoms with Crippen molar-refractivity contribution >= 4 is 13.6 Å². The van der Waals surface area contributed by atoms with Gasteiger partial charge in [-0.1, -0.05) is 0 Å². The Morgan fingerprint density at radius 1 is 1.55 bits per heavy atom. The number of phosphoric ester groups is 1. The molecule has 5 N–H and O–H groups in total. The van der Waals surface area contributed by atoms with Crippen molar-refractivity contribution in [2.24, 2.45) is 0 Å². The fourth-order valence-electron chi connectivity index (χ4n) is 2.12. The van der Waals surface area contributed by atoms with E-state index in [1.165, 1.54) is 19.4 Å². The lowest BCUT2D eigenvalue weighted by molar-refractivity contribution is -0.0619. The minimum Gasteiger partial charge on any atom is -0.387 e. The number of hydrogen-bond acceptors (Lipinski definition) is 8. The van der Waals surface area contributed by atoms with Crippen LogP contribution < -0.4 is 11.4 Å². The molecule has 1 aliphatic heterocycles. The highest BCUT2D eigenvalue weighted by molar-refractivity contribution is 7.46. The first-order valence-corrected chi connectivity index (χ1v) is 7.67.